The van der Waals surface area contributed by atoms with E-state index in [1.165, 1.54) is 6.07 Å². The van der Waals surface area contributed by atoms with Gasteiger partial charge in [0.25, 0.3) is 0 Å². The summed E-state index contributed by atoms with van der Waals surface area (Å²) in [5, 5.41) is 32.9. The Balaban J connectivity index is 1.69. The topological polar surface area (TPSA) is 192 Å². The molecule has 0 aromatic heterocycles. The molecule has 1 fully saturated rings. The highest BCUT2D eigenvalue weighted by Crippen LogP contribution is 2.31. The van der Waals surface area contributed by atoms with Gasteiger partial charge in [0.05, 0.1) is 6.04 Å². The zero-order valence-corrected chi connectivity index (χ0v) is 22.6. The van der Waals surface area contributed by atoms with Crippen LogP contribution in [-0.4, -0.2) is 72.2 Å². The standard InChI is InChI=1S/C29H40N6O5/c30-9-1-2-23-29(40)35-24(28(39)33-16-17-7-10-32-11-8-17)15-21-13-19(4-6-26(21)37)18-3-5-25(36)20(12-18)14-22(31)27(38)34-23/h3-6,12-13,17,22-24,32,36-37H,1-2,7-11,14-16,30-31H2,(H,33,39)(H,34,38)(H,35,40)/t22-,23-,24-/m0/s1. The predicted octanol–water partition coefficient (Wildman–Crippen LogP) is 0.0150. The lowest BCUT2D eigenvalue weighted by atomic mass is 9.95. The number of carbonyl (C=O) groups excluding carboxylic acids is 3. The smallest absolute Gasteiger partial charge is 0.243 e. The monoisotopic (exact) mass is 552 g/mol. The molecule has 4 rings (SSSR count). The number of amides is 3. The molecule has 2 aromatic carbocycles. The van der Waals surface area contributed by atoms with Crippen LogP contribution >= 0.6 is 0 Å². The van der Waals surface area contributed by atoms with Gasteiger partial charge in [0.2, 0.25) is 17.7 Å². The van der Waals surface area contributed by atoms with Crippen molar-refractivity contribution >= 4 is 17.7 Å². The summed E-state index contributed by atoms with van der Waals surface area (Å²) >= 11 is 0. The highest BCUT2D eigenvalue weighted by atomic mass is 16.3. The molecule has 2 aliphatic rings. The van der Waals surface area contributed by atoms with E-state index in [2.05, 4.69) is 21.3 Å². The van der Waals surface area contributed by atoms with Crippen LogP contribution in [0.4, 0.5) is 0 Å². The van der Waals surface area contributed by atoms with Crippen molar-refractivity contribution in [3.8, 4) is 22.6 Å². The molecular weight excluding hydrogens is 512 g/mol. The number of hydrogen-bond donors (Lipinski definition) is 8. The fraction of sp³-hybridized carbons (Fsp3) is 0.483. The molecule has 3 amide bonds. The van der Waals surface area contributed by atoms with Crippen molar-refractivity contribution in [2.24, 2.45) is 17.4 Å². The largest absolute Gasteiger partial charge is 0.508 e. The number of phenols is 2. The lowest BCUT2D eigenvalue weighted by molar-refractivity contribution is -0.132. The fourth-order valence-electron chi connectivity index (χ4n) is 5.21. The summed E-state index contributed by atoms with van der Waals surface area (Å²) in [6.07, 6.45) is 2.69. The Kier molecular flexibility index (Phi) is 9.97. The first-order valence-electron chi connectivity index (χ1n) is 13.9. The van der Waals surface area contributed by atoms with Crippen molar-refractivity contribution < 1.29 is 24.6 Å². The molecule has 2 aromatic rings. The first-order valence-corrected chi connectivity index (χ1v) is 13.9. The molecule has 0 aliphatic carbocycles. The molecule has 216 valence electrons. The quantitative estimate of drug-likeness (QED) is 0.246. The number of nitrogens with one attached hydrogen (secondary N) is 4. The normalized spacial score (nSPS) is 22.4. The van der Waals surface area contributed by atoms with Crippen molar-refractivity contribution in [1.29, 1.82) is 0 Å². The van der Waals surface area contributed by atoms with Crippen LogP contribution in [0.2, 0.25) is 0 Å². The van der Waals surface area contributed by atoms with Gasteiger partial charge in [0, 0.05) is 19.4 Å². The number of aromatic hydroxyl groups is 2. The predicted molar refractivity (Wildman–Crippen MR) is 151 cm³/mol. The van der Waals surface area contributed by atoms with Crippen LogP contribution in [-0.2, 0) is 27.2 Å². The Labute approximate surface area is 234 Å². The van der Waals surface area contributed by atoms with E-state index in [9.17, 15) is 24.6 Å². The average Bonchev–Trinajstić information content (AvgIpc) is 2.95. The van der Waals surface area contributed by atoms with E-state index in [-0.39, 0.29) is 36.7 Å². The second kappa shape index (κ2) is 13.6. The molecule has 4 bridgehead atoms. The maximum Gasteiger partial charge on any atom is 0.243 e. The third-order valence-corrected chi connectivity index (χ3v) is 7.68. The summed E-state index contributed by atoms with van der Waals surface area (Å²) < 4.78 is 0. The molecule has 2 heterocycles. The molecule has 0 saturated carbocycles. The number of phenolic OH excluding ortho intramolecular Hbond substituents is 2. The number of carbonyl (C=O) groups is 3. The van der Waals surface area contributed by atoms with Gasteiger partial charge in [-0.1, -0.05) is 12.1 Å². The van der Waals surface area contributed by atoms with Crippen LogP contribution in [0.1, 0.15) is 36.8 Å². The van der Waals surface area contributed by atoms with Crippen molar-refractivity contribution in [3.05, 3.63) is 47.5 Å². The second-order valence-corrected chi connectivity index (χ2v) is 10.7. The molecule has 1 saturated heterocycles. The first-order chi connectivity index (χ1) is 19.2. The maximum absolute atomic E-state index is 13.4. The highest BCUT2D eigenvalue weighted by Gasteiger charge is 2.30. The van der Waals surface area contributed by atoms with E-state index in [1.807, 2.05) is 0 Å². The van der Waals surface area contributed by atoms with E-state index in [0.717, 1.165) is 37.1 Å². The van der Waals surface area contributed by atoms with Gasteiger partial charge in [-0.3, -0.25) is 14.4 Å². The number of fused-ring (bicyclic) bond motifs is 5. The fourth-order valence-corrected chi connectivity index (χ4v) is 5.21. The minimum atomic E-state index is -1.03. The van der Waals surface area contributed by atoms with Gasteiger partial charge in [0.15, 0.2) is 0 Å². The Morgan fingerprint density at radius 3 is 2.17 bits per heavy atom. The number of piperidine rings is 1. The third-order valence-electron chi connectivity index (χ3n) is 7.68. The summed E-state index contributed by atoms with van der Waals surface area (Å²) in [5.41, 5.74) is 14.3. The number of nitrogens with two attached hydrogens (primary N) is 2. The van der Waals surface area contributed by atoms with Gasteiger partial charge in [-0.25, -0.2) is 0 Å². The van der Waals surface area contributed by atoms with Crippen LogP contribution in [0.25, 0.3) is 11.1 Å². The summed E-state index contributed by atoms with van der Waals surface area (Å²) in [6, 6.07) is 7.05. The van der Waals surface area contributed by atoms with E-state index in [1.54, 1.807) is 30.3 Å². The molecule has 2 aliphatic heterocycles. The Hall–Kier alpha value is -3.67. The Bertz CT molecular complexity index is 1220. The maximum atomic E-state index is 13.4. The van der Waals surface area contributed by atoms with E-state index >= 15 is 0 Å². The SMILES string of the molecule is NCCC[C@@H]1NC(=O)[C@@H](N)Cc2cc(ccc2O)-c2ccc(O)c(c2)C[C@@H](C(=O)NCC2CCNCC2)NC1=O. The first kappa shape index (κ1) is 29.3. The van der Waals surface area contributed by atoms with Gasteiger partial charge < -0.3 is 42.9 Å². The second-order valence-electron chi connectivity index (χ2n) is 10.7. The molecule has 11 nitrogen and oxygen atoms in total. The third kappa shape index (κ3) is 7.50. The van der Waals surface area contributed by atoms with Crippen LogP contribution in [0, 0.1) is 5.92 Å². The van der Waals surface area contributed by atoms with E-state index < -0.39 is 29.9 Å². The minimum Gasteiger partial charge on any atom is -0.508 e. The van der Waals surface area contributed by atoms with E-state index in [0.29, 0.717) is 36.6 Å². The van der Waals surface area contributed by atoms with Crippen LogP contribution in [0.3, 0.4) is 0 Å². The molecule has 10 N–H and O–H groups in total. The lowest BCUT2D eigenvalue weighted by Crippen LogP contribution is -2.56. The van der Waals surface area contributed by atoms with Crippen LogP contribution < -0.4 is 32.7 Å². The van der Waals surface area contributed by atoms with Gasteiger partial charge in [-0.05, 0) is 97.8 Å². The molecule has 11 heteroatoms. The Morgan fingerprint density at radius 1 is 0.925 bits per heavy atom. The van der Waals surface area contributed by atoms with Crippen LogP contribution in [0.15, 0.2) is 36.4 Å². The molecule has 0 unspecified atom stereocenters. The average molecular weight is 553 g/mol. The van der Waals surface area contributed by atoms with Gasteiger partial charge >= 0.3 is 0 Å². The summed E-state index contributed by atoms with van der Waals surface area (Å²) in [7, 11) is 0. The molecular formula is C29H40N6O5. The van der Waals surface area contributed by atoms with Crippen molar-refractivity contribution in [1.82, 2.24) is 21.3 Å². The molecule has 0 radical (unpaired) electrons. The van der Waals surface area contributed by atoms with Crippen LogP contribution in [0.5, 0.6) is 11.5 Å². The summed E-state index contributed by atoms with van der Waals surface area (Å²) in [5.74, 6) is -1.13. The lowest BCUT2D eigenvalue weighted by Gasteiger charge is -2.26. The van der Waals surface area contributed by atoms with Crippen molar-refractivity contribution in [2.45, 2.75) is 56.7 Å². The minimum absolute atomic E-state index is 0.00164. The number of rotatable bonds is 6. The summed E-state index contributed by atoms with van der Waals surface area (Å²) in [4.78, 5) is 39.9. The van der Waals surface area contributed by atoms with Gasteiger partial charge in [-0.2, -0.15) is 0 Å². The molecule has 3 atom stereocenters. The highest BCUT2D eigenvalue weighted by molar-refractivity contribution is 5.93. The zero-order chi connectivity index (χ0) is 28.6. The summed E-state index contributed by atoms with van der Waals surface area (Å²) in [6.45, 7) is 2.58. The number of benzene rings is 2. The Morgan fingerprint density at radius 2 is 1.55 bits per heavy atom. The van der Waals surface area contributed by atoms with E-state index in [4.69, 9.17) is 11.5 Å². The van der Waals surface area contributed by atoms with Gasteiger partial charge in [-0.15, -0.1) is 0 Å². The zero-order valence-electron chi connectivity index (χ0n) is 22.6. The van der Waals surface area contributed by atoms with Crippen molar-refractivity contribution in [2.75, 3.05) is 26.2 Å². The van der Waals surface area contributed by atoms with Gasteiger partial charge in [0.1, 0.15) is 23.6 Å². The van der Waals surface area contributed by atoms with Crippen molar-refractivity contribution in [3.63, 3.8) is 0 Å². The molecule has 0 spiro atoms. The number of hydrogen-bond acceptors (Lipinski definition) is 8. The molecule has 40 heavy (non-hydrogen) atoms.